The fraction of sp³-hybridized carbons (Fsp3) is 0.480. The molecule has 0 aliphatic heterocycles. The third-order valence-electron chi connectivity index (χ3n) is 5.62. The van der Waals surface area contributed by atoms with Gasteiger partial charge in [0.1, 0.15) is 5.75 Å². The lowest BCUT2D eigenvalue weighted by Gasteiger charge is -2.25. The Morgan fingerprint density at radius 1 is 1.26 bits per heavy atom. The van der Waals surface area contributed by atoms with Gasteiger partial charge >= 0.3 is 5.97 Å². The standard InChI is InChI=1S/C25H32ClNO4/c1-4-30-24(29)25(2,3)31-22-12-11-17-7-6-10-21(14-19(17)15-22)27-16-23(28)18-8-5-9-20(26)13-18/h5,8-9,11-13,15,21,23,27-28H,4,6-7,10,14,16H2,1-3H3. The van der Waals surface area contributed by atoms with Gasteiger partial charge in [0, 0.05) is 17.6 Å². The molecular formula is C25H32ClNO4. The van der Waals surface area contributed by atoms with Crippen LogP contribution in [0.5, 0.6) is 5.75 Å². The van der Waals surface area contributed by atoms with Crippen molar-refractivity contribution >= 4 is 17.6 Å². The van der Waals surface area contributed by atoms with Crippen molar-refractivity contribution in [3.05, 3.63) is 64.2 Å². The van der Waals surface area contributed by atoms with Gasteiger partial charge in [-0.05, 0) is 87.4 Å². The van der Waals surface area contributed by atoms with E-state index in [1.165, 1.54) is 11.1 Å². The summed E-state index contributed by atoms with van der Waals surface area (Å²) < 4.78 is 11.1. The van der Waals surface area contributed by atoms with E-state index in [2.05, 4.69) is 11.4 Å². The Morgan fingerprint density at radius 3 is 2.81 bits per heavy atom. The van der Waals surface area contributed by atoms with Crippen molar-refractivity contribution in [3.63, 3.8) is 0 Å². The molecule has 0 radical (unpaired) electrons. The number of aryl methyl sites for hydroxylation is 1. The van der Waals surface area contributed by atoms with Crippen molar-refractivity contribution in [2.75, 3.05) is 13.2 Å². The number of carbonyl (C=O) groups is 1. The summed E-state index contributed by atoms with van der Waals surface area (Å²) in [4.78, 5) is 12.2. The molecule has 0 saturated carbocycles. The number of fused-ring (bicyclic) bond motifs is 1. The molecule has 0 aromatic heterocycles. The number of aliphatic hydroxyl groups is 1. The monoisotopic (exact) mass is 445 g/mol. The Kier molecular flexibility index (Phi) is 7.98. The average Bonchev–Trinajstić information content (AvgIpc) is 2.93. The van der Waals surface area contributed by atoms with E-state index in [9.17, 15) is 9.90 Å². The Balaban J connectivity index is 1.65. The summed E-state index contributed by atoms with van der Waals surface area (Å²) in [6, 6.07) is 13.6. The molecule has 0 fully saturated rings. The minimum absolute atomic E-state index is 0.253. The van der Waals surface area contributed by atoms with Crippen LogP contribution in [-0.2, 0) is 22.4 Å². The van der Waals surface area contributed by atoms with Crippen molar-refractivity contribution in [2.24, 2.45) is 0 Å². The van der Waals surface area contributed by atoms with Crippen LogP contribution in [0.25, 0.3) is 0 Å². The second-order valence-electron chi connectivity index (χ2n) is 8.54. The van der Waals surface area contributed by atoms with Crippen molar-refractivity contribution < 1.29 is 19.4 Å². The molecule has 0 amide bonds. The number of esters is 1. The molecule has 2 aromatic carbocycles. The van der Waals surface area contributed by atoms with Crippen LogP contribution < -0.4 is 10.1 Å². The minimum Gasteiger partial charge on any atom is -0.476 e. The first-order valence-corrected chi connectivity index (χ1v) is 11.3. The highest BCUT2D eigenvalue weighted by Crippen LogP contribution is 2.28. The van der Waals surface area contributed by atoms with Crippen LogP contribution in [0.3, 0.4) is 0 Å². The van der Waals surface area contributed by atoms with Gasteiger partial charge in [0.05, 0.1) is 12.7 Å². The maximum Gasteiger partial charge on any atom is 0.349 e. The van der Waals surface area contributed by atoms with Gasteiger partial charge in [0.2, 0.25) is 0 Å². The Bertz CT molecular complexity index is 899. The number of hydrogen-bond acceptors (Lipinski definition) is 5. The number of aliphatic hydroxyl groups excluding tert-OH is 1. The van der Waals surface area contributed by atoms with Gasteiger partial charge in [-0.2, -0.15) is 0 Å². The highest BCUT2D eigenvalue weighted by atomic mass is 35.5. The van der Waals surface area contributed by atoms with E-state index in [-0.39, 0.29) is 12.0 Å². The van der Waals surface area contributed by atoms with Crippen molar-refractivity contribution in [3.8, 4) is 5.75 Å². The maximum absolute atomic E-state index is 12.2. The van der Waals surface area contributed by atoms with Crippen molar-refractivity contribution in [1.82, 2.24) is 5.32 Å². The first-order chi connectivity index (χ1) is 14.8. The van der Waals surface area contributed by atoms with Crippen LogP contribution in [0.15, 0.2) is 42.5 Å². The van der Waals surface area contributed by atoms with Gasteiger partial charge in [-0.15, -0.1) is 0 Å². The summed E-state index contributed by atoms with van der Waals surface area (Å²) in [5, 5.41) is 14.7. The molecule has 2 N–H and O–H groups in total. The second-order valence-corrected chi connectivity index (χ2v) is 8.97. The van der Waals surface area contributed by atoms with Crippen molar-refractivity contribution in [2.45, 2.75) is 64.2 Å². The molecule has 31 heavy (non-hydrogen) atoms. The van der Waals surface area contributed by atoms with Gasteiger partial charge in [0.15, 0.2) is 5.60 Å². The number of ether oxygens (including phenoxy) is 2. The predicted octanol–water partition coefficient (Wildman–Crippen LogP) is 4.63. The molecule has 2 unspecified atom stereocenters. The number of benzene rings is 2. The summed E-state index contributed by atoms with van der Waals surface area (Å²) in [5.41, 5.74) is 2.28. The average molecular weight is 446 g/mol. The lowest BCUT2D eigenvalue weighted by Crippen LogP contribution is -2.39. The van der Waals surface area contributed by atoms with Gasteiger partial charge in [-0.3, -0.25) is 0 Å². The summed E-state index contributed by atoms with van der Waals surface area (Å²) in [5.74, 6) is 0.288. The highest BCUT2D eigenvalue weighted by Gasteiger charge is 2.32. The maximum atomic E-state index is 12.2. The second kappa shape index (κ2) is 10.5. The summed E-state index contributed by atoms with van der Waals surface area (Å²) in [6.07, 6.45) is 3.34. The number of nitrogens with one attached hydrogen (secondary N) is 1. The summed E-state index contributed by atoms with van der Waals surface area (Å²) in [6.45, 7) is 6.01. The van der Waals surface area contributed by atoms with E-state index < -0.39 is 11.7 Å². The van der Waals surface area contributed by atoms with E-state index in [1.54, 1.807) is 32.9 Å². The van der Waals surface area contributed by atoms with Crippen LogP contribution in [-0.4, -0.2) is 35.9 Å². The first kappa shape index (κ1) is 23.6. The lowest BCUT2D eigenvalue weighted by molar-refractivity contribution is -0.158. The molecule has 0 spiro atoms. The Hall–Kier alpha value is -2.08. The normalized spacial score (nSPS) is 17.4. The third-order valence-corrected chi connectivity index (χ3v) is 5.85. The molecule has 3 rings (SSSR count). The van der Waals surface area contributed by atoms with Gasteiger partial charge in [-0.25, -0.2) is 4.79 Å². The number of rotatable bonds is 8. The molecule has 2 aromatic rings. The van der Waals surface area contributed by atoms with E-state index in [4.69, 9.17) is 21.1 Å². The summed E-state index contributed by atoms with van der Waals surface area (Å²) >= 11 is 6.04. The van der Waals surface area contributed by atoms with Crippen molar-refractivity contribution in [1.29, 1.82) is 0 Å². The molecule has 0 bridgehead atoms. The minimum atomic E-state index is -1.05. The zero-order valence-electron chi connectivity index (χ0n) is 18.5. The number of halogens is 1. The van der Waals surface area contributed by atoms with E-state index >= 15 is 0 Å². The van der Waals surface area contributed by atoms with Crippen LogP contribution in [0.4, 0.5) is 0 Å². The van der Waals surface area contributed by atoms with Gasteiger partial charge in [-0.1, -0.05) is 29.8 Å². The Morgan fingerprint density at radius 2 is 2.06 bits per heavy atom. The first-order valence-electron chi connectivity index (χ1n) is 10.9. The Labute approximate surface area is 189 Å². The quantitative estimate of drug-likeness (QED) is 0.458. The fourth-order valence-corrected chi connectivity index (χ4v) is 4.13. The molecule has 168 valence electrons. The lowest BCUT2D eigenvalue weighted by atomic mass is 10.0. The topological polar surface area (TPSA) is 67.8 Å². The van der Waals surface area contributed by atoms with Crippen LogP contribution >= 0.6 is 11.6 Å². The third kappa shape index (κ3) is 6.45. The van der Waals surface area contributed by atoms with Gasteiger partial charge in [0.25, 0.3) is 0 Å². The fourth-order valence-electron chi connectivity index (χ4n) is 3.93. The van der Waals surface area contributed by atoms with E-state index in [0.717, 1.165) is 31.2 Å². The zero-order chi connectivity index (χ0) is 22.4. The van der Waals surface area contributed by atoms with Crippen LogP contribution in [0, 0.1) is 0 Å². The molecular weight excluding hydrogens is 414 g/mol. The van der Waals surface area contributed by atoms with Gasteiger partial charge < -0.3 is 19.9 Å². The smallest absolute Gasteiger partial charge is 0.349 e. The zero-order valence-corrected chi connectivity index (χ0v) is 19.2. The van der Waals surface area contributed by atoms with E-state index in [1.807, 2.05) is 24.3 Å². The molecule has 1 aliphatic rings. The number of hydrogen-bond donors (Lipinski definition) is 2. The molecule has 0 saturated heterocycles. The van der Waals surface area contributed by atoms with Crippen LogP contribution in [0.2, 0.25) is 5.02 Å². The molecule has 6 heteroatoms. The largest absolute Gasteiger partial charge is 0.476 e. The molecule has 2 atom stereocenters. The summed E-state index contributed by atoms with van der Waals surface area (Å²) in [7, 11) is 0. The van der Waals surface area contributed by atoms with E-state index in [0.29, 0.717) is 23.9 Å². The van der Waals surface area contributed by atoms with Crippen LogP contribution in [0.1, 0.15) is 56.4 Å². The highest BCUT2D eigenvalue weighted by molar-refractivity contribution is 6.30. The number of carbonyl (C=O) groups excluding carboxylic acids is 1. The molecule has 0 heterocycles. The SMILES string of the molecule is CCOC(=O)C(C)(C)Oc1ccc2c(c1)CC(NCC(O)c1cccc(Cl)c1)CCC2. The molecule has 5 nitrogen and oxygen atoms in total. The molecule has 1 aliphatic carbocycles. The predicted molar refractivity (Wildman–Crippen MR) is 123 cm³/mol.